The maximum absolute atomic E-state index is 6.17. The van der Waals surface area contributed by atoms with Gasteiger partial charge in [-0.3, -0.25) is 4.68 Å². The summed E-state index contributed by atoms with van der Waals surface area (Å²) in [5.74, 6) is 0.627. The van der Waals surface area contributed by atoms with Crippen LogP contribution >= 0.6 is 23.2 Å². The molecule has 0 atom stereocenters. The lowest BCUT2D eigenvalue weighted by molar-refractivity contribution is 0.297. The van der Waals surface area contributed by atoms with Gasteiger partial charge >= 0.3 is 0 Å². The Morgan fingerprint density at radius 3 is 2.79 bits per heavy atom. The summed E-state index contributed by atoms with van der Waals surface area (Å²) < 4.78 is 7.48. The van der Waals surface area contributed by atoms with Crippen LogP contribution in [0.3, 0.4) is 0 Å². The van der Waals surface area contributed by atoms with Gasteiger partial charge < -0.3 is 10.5 Å². The van der Waals surface area contributed by atoms with Crippen molar-refractivity contribution in [3.05, 3.63) is 45.7 Å². The van der Waals surface area contributed by atoms with E-state index >= 15 is 0 Å². The number of nitrogens with zero attached hydrogens (tertiary/aromatic N) is 2. The second-order valence-electron chi connectivity index (χ2n) is 4.18. The molecular formula is C13H15Cl2N3O. The van der Waals surface area contributed by atoms with Crippen LogP contribution in [0.5, 0.6) is 5.75 Å². The first-order chi connectivity index (χ1) is 9.10. The van der Waals surface area contributed by atoms with Gasteiger partial charge in [0.1, 0.15) is 12.4 Å². The molecule has 1 heterocycles. The minimum absolute atomic E-state index is 0.361. The van der Waals surface area contributed by atoms with E-state index < -0.39 is 0 Å². The highest BCUT2D eigenvalue weighted by Crippen LogP contribution is 2.33. The largest absolute Gasteiger partial charge is 0.485 e. The molecule has 1 aromatic carbocycles. The molecule has 0 unspecified atom stereocenters. The first kappa shape index (κ1) is 14.2. The lowest BCUT2D eigenvalue weighted by atomic mass is 10.1. The zero-order valence-corrected chi connectivity index (χ0v) is 12.1. The summed E-state index contributed by atoms with van der Waals surface area (Å²) in [5.41, 5.74) is 7.34. The number of halogens is 2. The molecule has 0 amide bonds. The van der Waals surface area contributed by atoms with E-state index in [-0.39, 0.29) is 0 Å². The number of nitrogens with two attached hydrogens (primary N) is 1. The molecule has 0 fully saturated rings. The van der Waals surface area contributed by atoms with Crippen molar-refractivity contribution in [2.24, 2.45) is 12.8 Å². The fraction of sp³-hybridized carbons (Fsp3) is 0.308. The lowest BCUT2D eigenvalue weighted by Crippen LogP contribution is -2.06. The minimum atomic E-state index is 0.361. The number of rotatable bonds is 5. The van der Waals surface area contributed by atoms with Crippen LogP contribution < -0.4 is 10.5 Å². The highest BCUT2D eigenvalue weighted by molar-refractivity contribution is 6.35. The summed E-state index contributed by atoms with van der Waals surface area (Å²) in [5, 5.41) is 5.32. The molecule has 4 nitrogen and oxygen atoms in total. The monoisotopic (exact) mass is 299 g/mol. The third-order valence-electron chi connectivity index (χ3n) is 2.63. The average molecular weight is 300 g/mol. The van der Waals surface area contributed by atoms with E-state index in [1.165, 1.54) is 0 Å². The van der Waals surface area contributed by atoms with Crippen LogP contribution in [0.4, 0.5) is 0 Å². The van der Waals surface area contributed by atoms with E-state index in [1.54, 1.807) is 10.7 Å². The summed E-state index contributed by atoms with van der Waals surface area (Å²) in [6.45, 7) is 0.871. The van der Waals surface area contributed by atoms with Crippen LogP contribution in [-0.2, 0) is 20.1 Å². The van der Waals surface area contributed by atoms with Gasteiger partial charge in [-0.1, -0.05) is 23.2 Å². The van der Waals surface area contributed by atoms with Crippen LogP contribution in [0.15, 0.2) is 24.4 Å². The van der Waals surface area contributed by atoms with Gasteiger partial charge in [0, 0.05) is 18.3 Å². The molecule has 0 aliphatic heterocycles. The first-order valence-corrected chi connectivity index (χ1v) is 6.65. The molecule has 2 N–H and O–H groups in total. The Kier molecular flexibility index (Phi) is 4.69. The van der Waals surface area contributed by atoms with Crippen molar-refractivity contribution >= 4 is 23.2 Å². The van der Waals surface area contributed by atoms with Crippen LogP contribution in [-0.4, -0.2) is 16.3 Å². The molecule has 0 aliphatic rings. The van der Waals surface area contributed by atoms with Gasteiger partial charge in [0.05, 0.1) is 10.7 Å². The highest BCUT2D eigenvalue weighted by atomic mass is 35.5. The van der Waals surface area contributed by atoms with Gasteiger partial charge in [-0.25, -0.2) is 0 Å². The van der Waals surface area contributed by atoms with Crippen LogP contribution in [0.1, 0.15) is 11.3 Å². The van der Waals surface area contributed by atoms with Gasteiger partial charge in [0.2, 0.25) is 0 Å². The van der Waals surface area contributed by atoms with Crippen molar-refractivity contribution in [1.82, 2.24) is 9.78 Å². The zero-order valence-electron chi connectivity index (χ0n) is 10.6. The molecular weight excluding hydrogens is 285 g/mol. The Balaban J connectivity index is 2.18. The number of aryl methyl sites for hydroxylation is 1. The summed E-state index contributed by atoms with van der Waals surface area (Å²) in [6, 6.07) is 5.39. The number of benzene rings is 1. The predicted molar refractivity (Wildman–Crippen MR) is 76.8 cm³/mol. The Labute approximate surface area is 122 Å². The van der Waals surface area contributed by atoms with E-state index in [4.69, 9.17) is 33.7 Å². The topological polar surface area (TPSA) is 53.1 Å². The lowest BCUT2D eigenvalue weighted by Gasteiger charge is -2.12. The Morgan fingerprint density at radius 2 is 2.16 bits per heavy atom. The molecule has 19 heavy (non-hydrogen) atoms. The van der Waals surface area contributed by atoms with Crippen LogP contribution in [0, 0.1) is 0 Å². The molecule has 2 aromatic rings. The van der Waals surface area contributed by atoms with Crippen molar-refractivity contribution in [2.75, 3.05) is 6.54 Å². The molecule has 0 saturated carbocycles. The third kappa shape index (κ3) is 3.62. The third-order valence-corrected chi connectivity index (χ3v) is 3.13. The number of ether oxygens (including phenoxy) is 1. The summed E-state index contributed by atoms with van der Waals surface area (Å²) >= 11 is 12.1. The Morgan fingerprint density at radius 1 is 1.37 bits per heavy atom. The molecule has 0 bridgehead atoms. The molecule has 1 aromatic heterocycles. The molecule has 2 rings (SSSR count). The average Bonchev–Trinajstić information content (AvgIpc) is 2.74. The van der Waals surface area contributed by atoms with Gasteiger partial charge in [0.25, 0.3) is 0 Å². The fourth-order valence-corrected chi connectivity index (χ4v) is 2.39. The van der Waals surface area contributed by atoms with Crippen molar-refractivity contribution in [2.45, 2.75) is 13.0 Å². The van der Waals surface area contributed by atoms with Crippen molar-refractivity contribution in [3.63, 3.8) is 0 Å². The Hall–Kier alpha value is -1.23. The minimum Gasteiger partial charge on any atom is -0.485 e. The standard InChI is InChI=1S/C13H15Cl2N3O/c1-18-5-3-11(17-18)8-19-13-9(2-4-16)6-10(14)7-12(13)15/h3,5-7H,2,4,8,16H2,1H3. The quantitative estimate of drug-likeness (QED) is 0.924. The van der Waals surface area contributed by atoms with Gasteiger partial charge in [0.15, 0.2) is 0 Å². The summed E-state index contributed by atoms with van der Waals surface area (Å²) in [7, 11) is 1.86. The number of hydrogen-bond donors (Lipinski definition) is 1. The van der Waals surface area contributed by atoms with Crippen molar-refractivity contribution < 1.29 is 4.74 Å². The van der Waals surface area contributed by atoms with Gasteiger partial charge in [-0.05, 0) is 36.7 Å². The summed E-state index contributed by atoms with van der Waals surface area (Å²) in [4.78, 5) is 0. The van der Waals surface area contributed by atoms with Crippen LogP contribution in [0.25, 0.3) is 0 Å². The van der Waals surface area contributed by atoms with E-state index in [2.05, 4.69) is 5.10 Å². The second kappa shape index (κ2) is 6.28. The predicted octanol–water partition coefficient (Wildman–Crippen LogP) is 2.81. The summed E-state index contributed by atoms with van der Waals surface area (Å²) in [6.07, 6.45) is 2.53. The first-order valence-electron chi connectivity index (χ1n) is 5.89. The van der Waals surface area contributed by atoms with Crippen molar-refractivity contribution in [3.8, 4) is 5.75 Å². The Bertz CT molecular complexity index is 569. The van der Waals surface area contributed by atoms with Gasteiger partial charge in [-0.2, -0.15) is 5.10 Å². The van der Waals surface area contributed by atoms with Crippen molar-refractivity contribution in [1.29, 1.82) is 0 Å². The molecule has 6 heteroatoms. The fourth-order valence-electron chi connectivity index (χ4n) is 1.80. The molecule has 102 valence electrons. The smallest absolute Gasteiger partial charge is 0.141 e. The van der Waals surface area contributed by atoms with E-state index in [9.17, 15) is 0 Å². The second-order valence-corrected chi connectivity index (χ2v) is 5.03. The van der Waals surface area contributed by atoms with Crippen LogP contribution in [0.2, 0.25) is 10.0 Å². The van der Waals surface area contributed by atoms with Gasteiger partial charge in [-0.15, -0.1) is 0 Å². The zero-order chi connectivity index (χ0) is 13.8. The molecule has 0 aliphatic carbocycles. The highest BCUT2D eigenvalue weighted by Gasteiger charge is 2.11. The molecule has 0 saturated heterocycles. The molecule has 0 radical (unpaired) electrons. The number of hydrogen-bond acceptors (Lipinski definition) is 3. The maximum Gasteiger partial charge on any atom is 0.141 e. The van der Waals surface area contributed by atoms with E-state index in [0.717, 1.165) is 11.3 Å². The normalized spacial score (nSPS) is 10.7. The SMILES string of the molecule is Cn1ccc(COc2c(Cl)cc(Cl)cc2CCN)n1. The van der Waals surface area contributed by atoms with E-state index in [1.807, 2.05) is 25.4 Å². The van der Waals surface area contributed by atoms with E-state index in [0.29, 0.717) is 35.4 Å². The maximum atomic E-state index is 6.17. The number of aromatic nitrogens is 2. The molecule has 0 spiro atoms.